The van der Waals surface area contributed by atoms with Crippen LogP contribution in [-0.4, -0.2) is 37.7 Å². The van der Waals surface area contributed by atoms with E-state index in [1.54, 1.807) is 0 Å². The SMILES string of the molecule is CCCOC1(CNC(=O)C2CC23CCNCC3)CCCCC1.Cl. The molecule has 1 atom stereocenters. The molecule has 4 nitrogen and oxygen atoms in total. The minimum Gasteiger partial charge on any atom is -0.373 e. The third-order valence-corrected chi connectivity index (χ3v) is 6.07. The number of carbonyl (C=O) groups excluding carboxylic acids is 1. The van der Waals surface area contributed by atoms with E-state index in [1.807, 2.05) is 0 Å². The van der Waals surface area contributed by atoms with Gasteiger partial charge in [-0.25, -0.2) is 0 Å². The Hall–Kier alpha value is -0.320. The molecule has 0 aromatic rings. The van der Waals surface area contributed by atoms with Gasteiger partial charge in [-0.2, -0.15) is 0 Å². The second kappa shape index (κ2) is 8.17. The summed E-state index contributed by atoms with van der Waals surface area (Å²) in [6, 6.07) is 0. The number of piperidine rings is 1. The zero-order chi connectivity index (χ0) is 15.5. The average Bonchev–Trinajstić information content (AvgIpc) is 3.25. The lowest BCUT2D eigenvalue weighted by Gasteiger charge is -2.37. The number of amides is 1. The molecule has 0 radical (unpaired) electrons. The van der Waals surface area contributed by atoms with Gasteiger partial charge < -0.3 is 15.4 Å². The quantitative estimate of drug-likeness (QED) is 0.778. The van der Waals surface area contributed by atoms with Crippen molar-refractivity contribution in [1.82, 2.24) is 10.6 Å². The predicted octanol–water partition coefficient (Wildman–Crippen LogP) is 3.04. The molecule has 134 valence electrons. The predicted molar refractivity (Wildman–Crippen MR) is 95.0 cm³/mol. The van der Waals surface area contributed by atoms with E-state index in [4.69, 9.17) is 4.74 Å². The summed E-state index contributed by atoms with van der Waals surface area (Å²) in [6.45, 7) is 5.84. The second-order valence-corrected chi connectivity index (χ2v) is 7.68. The highest BCUT2D eigenvalue weighted by molar-refractivity contribution is 5.85. The van der Waals surface area contributed by atoms with Gasteiger partial charge >= 0.3 is 0 Å². The number of halogens is 1. The van der Waals surface area contributed by atoms with Crippen LogP contribution in [0.1, 0.15) is 64.7 Å². The smallest absolute Gasteiger partial charge is 0.223 e. The topological polar surface area (TPSA) is 50.4 Å². The van der Waals surface area contributed by atoms with Crippen molar-refractivity contribution in [3.63, 3.8) is 0 Å². The molecule has 1 unspecified atom stereocenters. The van der Waals surface area contributed by atoms with Crippen molar-refractivity contribution in [1.29, 1.82) is 0 Å². The minimum atomic E-state index is -0.0832. The maximum absolute atomic E-state index is 12.6. The van der Waals surface area contributed by atoms with Crippen molar-refractivity contribution in [2.45, 2.75) is 70.3 Å². The van der Waals surface area contributed by atoms with E-state index in [9.17, 15) is 4.79 Å². The Balaban J connectivity index is 0.00000192. The van der Waals surface area contributed by atoms with Crippen molar-refractivity contribution >= 4 is 18.3 Å². The van der Waals surface area contributed by atoms with Crippen LogP contribution in [0.5, 0.6) is 0 Å². The Morgan fingerprint density at radius 3 is 2.52 bits per heavy atom. The van der Waals surface area contributed by atoms with Gasteiger partial charge in [-0.05, 0) is 57.0 Å². The summed E-state index contributed by atoms with van der Waals surface area (Å²) < 4.78 is 6.18. The van der Waals surface area contributed by atoms with E-state index in [1.165, 1.54) is 32.1 Å². The highest BCUT2D eigenvalue weighted by Gasteiger charge is 2.57. The number of hydrogen-bond donors (Lipinski definition) is 2. The van der Waals surface area contributed by atoms with Gasteiger partial charge in [0.2, 0.25) is 5.91 Å². The zero-order valence-corrected chi connectivity index (χ0v) is 15.3. The zero-order valence-electron chi connectivity index (χ0n) is 14.5. The van der Waals surface area contributed by atoms with Gasteiger partial charge in [-0.15, -0.1) is 12.4 Å². The molecule has 23 heavy (non-hydrogen) atoms. The van der Waals surface area contributed by atoms with E-state index < -0.39 is 0 Å². The third kappa shape index (κ3) is 4.40. The number of ether oxygens (including phenoxy) is 1. The molecular weight excluding hydrogens is 312 g/mol. The van der Waals surface area contributed by atoms with E-state index >= 15 is 0 Å². The van der Waals surface area contributed by atoms with Crippen molar-refractivity contribution in [2.75, 3.05) is 26.2 Å². The molecule has 0 aromatic carbocycles. The fourth-order valence-corrected chi connectivity index (χ4v) is 4.45. The van der Waals surface area contributed by atoms with Crippen LogP contribution in [0.15, 0.2) is 0 Å². The van der Waals surface area contributed by atoms with E-state index in [-0.39, 0.29) is 29.8 Å². The first-order valence-electron chi connectivity index (χ1n) is 9.32. The number of hydrogen-bond acceptors (Lipinski definition) is 3. The van der Waals surface area contributed by atoms with Gasteiger partial charge in [0, 0.05) is 19.1 Å². The summed E-state index contributed by atoms with van der Waals surface area (Å²) in [5.74, 6) is 0.549. The Labute approximate surface area is 146 Å². The van der Waals surface area contributed by atoms with Crippen molar-refractivity contribution in [2.24, 2.45) is 11.3 Å². The summed E-state index contributed by atoms with van der Waals surface area (Å²) >= 11 is 0. The Morgan fingerprint density at radius 2 is 1.87 bits per heavy atom. The summed E-state index contributed by atoms with van der Waals surface area (Å²) in [6.07, 6.45) is 10.5. The minimum absolute atomic E-state index is 0. The van der Waals surface area contributed by atoms with Crippen LogP contribution in [-0.2, 0) is 9.53 Å². The monoisotopic (exact) mass is 344 g/mol. The molecule has 0 bridgehead atoms. The molecule has 1 heterocycles. The summed E-state index contributed by atoms with van der Waals surface area (Å²) in [5.41, 5.74) is 0.249. The van der Waals surface area contributed by atoms with Gasteiger partial charge in [0.25, 0.3) is 0 Å². The molecular formula is C18H33ClN2O2. The lowest BCUT2D eigenvalue weighted by Crippen LogP contribution is -2.47. The van der Waals surface area contributed by atoms with Crippen LogP contribution in [0.25, 0.3) is 0 Å². The largest absolute Gasteiger partial charge is 0.373 e. The molecule has 1 spiro atoms. The van der Waals surface area contributed by atoms with Gasteiger partial charge in [-0.1, -0.05) is 26.2 Å². The van der Waals surface area contributed by atoms with Crippen molar-refractivity contribution in [3.8, 4) is 0 Å². The molecule has 1 amide bonds. The molecule has 1 aliphatic heterocycles. The average molecular weight is 345 g/mol. The van der Waals surface area contributed by atoms with Crippen LogP contribution < -0.4 is 10.6 Å². The van der Waals surface area contributed by atoms with E-state index in [0.717, 1.165) is 51.9 Å². The molecule has 5 heteroatoms. The number of carbonyl (C=O) groups is 1. The maximum Gasteiger partial charge on any atom is 0.223 e. The van der Waals surface area contributed by atoms with Gasteiger partial charge in [0.15, 0.2) is 0 Å². The highest BCUT2D eigenvalue weighted by Crippen LogP contribution is 2.58. The van der Waals surface area contributed by atoms with E-state index in [0.29, 0.717) is 5.41 Å². The Morgan fingerprint density at radius 1 is 1.17 bits per heavy atom. The molecule has 2 N–H and O–H groups in total. The van der Waals surface area contributed by atoms with Gasteiger partial charge in [0.05, 0.1) is 5.60 Å². The Bertz CT molecular complexity index is 390. The summed E-state index contributed by atoms with van der Waals surface area (Å²) in [7, 11) is 0. The lowest BCUT2D eigenvalue weighted by molar-refractivity contribution is -0.126. The lowest BCUT2D eigenvalue weighted by atomic mass is 9.84. The Kier molecular flexibility index (Phi) is 6.76. The summed E-state index contributed by atoms with van der Waals surface area (Å²) in [4.78, 5) is 12.6. The van der Waals surface area contributed by atoms with Crippen molar-refractivity contribution < 1.29 is 9.53 Å². The standard InChI is InChI=1S/C18H32N2O2.ClH/c1-2-12-22-18(6-4-3-5-7-18)14-20-16(21)15-13-17(15)8-10-19-11-9-17;/h15,19H,2-14H2,1H3,(H,20,21);1H. The maximum atomic E-state index is 12.6. The first kappa shape index (κ1) is 19.0. The molecule has 3 aliphatic rings. The fraction of sp³-hybridized carbons (Fsp3) is 0.944. The molecule has 2 aliphatic carbocycles. The molecule has 1 saturated heterocycles. The summed E-state index contributed by atoms with van der Waals surface area (Å²) in [5, 5.41) is 6.65. The second-order valence-electron chi connectivity index (χ2n) is 7.68. The van der Waals surface area contributed by atoms with Crippen LogP contribution in [0.3, 0.4) is 0 Å². The molecule has 0 aromatic heterocycles. The first-order valence-corrected chi connectivity index (χ1v) is 9.32. The molecule has 2 saturated carbocycles. The first-order chi connectivity index (χ1) is 10.7. The van der Waals surface area contributed by atoms with Crippen LogP contribution in [0.2, 0.25) is 0 Å². The van der Waals surface area contributed by atoms with Gasteiger partial charge in [0.1, 0.15) is 0 Å². The molecule has 3 rings (SSSR count). The highest BCUT2D eigenvalue weighted by atomic mass is 35.5. The fourth-order valence-electron chi connectivity index (χ4n) is 4.45. The van der Waals surface area contributed by atoms with E-state index in [2.05, 4.69) is 17.6 Å². The van der Waals surface area contributed by atoms with Crippen molar-refractivity contribution in [3.05, 3.63) is 0 Å². The number of rotatable bonds is 6. The number of nitrogens with one attached hydrogen (secondary N) is 2. The van der Waals surface area contributed by atoms with Gasteiger partial charge in [-0.3, -0.25) is 4.79 Å². The molecule has 3 fully saturated rings. The normalized spacial score (nSPS) is 28.0. The van der Waals surface area contributed by atoms with Crippen LogP contribution in [0.4, 0.5) is 0 Å². The third-order valence-electron chi connectivity index (χ3n) is 6.07. The van der Waals surface area contributed by atoms with Crippen LogP contribution in [0, 0.1) is 11.3 Å². The van der Waals surface area contributed by atoms with Crippen LogP contribution >= 0.6 is 12.4 Å².